The van der Waals surface area contributed by atoms with E-state index in [9.17, 15) is 9.59 Å². The molecule has 2 aromatic carbocycles. The Labute approximate surface area is 159 Å². The Morgan fingerprint density at radius 1 is 1.15 bits per heavy atom. The van der Waals surface area contributed by atoms with Crippen molar-refractivity contribution in [1.82, 2.24) is 4.57 Å². The first kappa shape index (κ1) is 17.5. The monoisotopic (exact) mass is 360 g/mol. The molecule has 0 saturated heterocycles. The molecule has 0 atom stereocenters. The van der Waals surface area contributed by atoms with Crippen LogP contribution in [-0.2, 0) is 17.8 Å². The average Bonchev–Trinajstić information content (AvgIpc) is 2.93. The van der Waals surface area contributed by atoms with Crippen molar-refractivity contribution >= 4 is 28.2 Å². The molecule has 1 aliphatic rings. The number of Topliss-reactive ketones (excluding diaryl/α,β-unsaturated/α-hetero) is 2. The molecule has 4 rings (SSSR count). The number of carbonyl (C=O) groups excluding carboxylic acids is 2. The molecule has 4 nitrogen and oxygen atoms in total. The SMILES string of the molecule is CC(=O)CN(C)c1cccc2c1CCn1c-2c(C)c2ccc(C(C)=O)cc21. The van der Waals surface area contributed by atoms with Crippen molar-refractivity contribution in [2.75, 3.05) is 18.5 Å². The number of fused-ring (bicyclic) bond motifs is 5. The summed E-state index contributed by atoms with van der Waals surface area (Å²) in [6, 6.07) is 12.3. The minimum absolute atomic E-state index is 0.0921. The normalized spacial score (nSPS) is 12.6. The van der Waals surface area contributed by atoms with Crippen molar-refractivity contribution in [1.29, 1.82) is 0 Å². The van der Waals surface area contributed by atoms with Crippen LogP contribution < -0.4 is 4.90 Å². The van der Waals surface area contributed by atoms with Gasteiger partial charge in [0, 0.05) is 41.3 Å². The molecule has 0 radical (unpaired) electrons. The van der Waals surface area contributed by atoms with E-state index < -0.39 is 0 Å². The van der Waals surface area contributed by atoms with Gasteiger partial charge in [-0.1, -0.05) is 24.3 Å². The van der Waals surface area contributed by atoms with Crippen molar-refractivity contribution < 1.29 is 9.59 Å². The minimum atomic E-state index is 0.0921. The van der Waals surface area contributed by atoms with E-state index in [1.54, 1.807) is 13.8 Å². The number of rotatable bonds is 4. The molecular formula is C23H24N2O2. The minimum Gasteiger partial charge on any atom is -0.367 e. The number of hydrogen-bond acceptors (Lipinski definition) is 3. The van der Waals surface area contributed by atoms with Crippen LogP contribution in [0.2, 0.25) is 0 Å². The fraction of sp³-hybridized carbons (Fsp3) is 0.304. The third kappa shape index (κ3) is 2.76. The van der Waals surface area contributed by atoms with Crippen molar-refractivity contribution in [3.8, 4) is 11.3 Å². The molecule has 1 aliphatic heterocycles. The second kappa shape index (κ2) is 6.38. The fourth-order valence-corrected chi connectivity index (χ4v) is 4.38. The van der Waals surface area contributed by atoms with Gasteiger partial charge in [-0.2, -0.15) is 0 Å². The van der Waals surface area contributed by atoms with Crippen LogP contribution in [0.4, 0.5) is 5.69 Å². The van der Waals surface area contributed by atoms with Gasteiger partial charge in [0.15, 0.2) is 5.78 Å². The topological polar surface area (TPSA) is 42.3 Å². The van der Waals surface area contributed by atoms with Gasteiger partial charge in [-0.05, 0) is 50.5 Å². The van der Waals surface area contributed by atoms with Crippen LogP contribution in [-0.4, -0.2) is 29.7 Å². The van der Waals surface area contributed by atoms with Gasteiger partial charge in [0.2, 0.25) is 0 Å². The predicted molar refractivity (Wildman–Crippen MR) is 110 cm³/mol. The first-order valence-corrected chi connectivity index (χ1v) is 9.35. The van der Waals surface area contributed by atoms with E-state index in [0.717, 1.165) is 29.7 Å². The Morgan fingerprint density at radius 3 is 2.63 bits per heavy atom. The molecular weight excluding hydrogens is 336 g/mol. The van der Waals surface area contributed by atoms with Crippen molar-refractivity contribution in [2.45, 2.75) is 33.7 Å². The third-order valence-electron chi connectivity index (χ3n) is 5.59. The van der Waals surface area contributed by atoms with Gasteiger partial charge < -0.3 is 9.47 Å². The van der Waals surface area contributed by atoms with Gasteiger partial charge in [0.1, 0.15) is 5.78 Å². The Kier molecular flexibility index (Phi) is 4.14. The standard InChI is InChI=1S/C23H24N2O2/c1-14(26)13-24(4)21-7-5-6-20-19(21)10-11-25-22-12-17(16(3)27)8-9-18(22)15(2)23(20)25/h5-9,12H,10-11,13H2,1-4H3. The zero-order chi connectivity index (χ0) is 19.3. The maximum absolute atomic E-state index is 11.8. The van der Waals surface area contributed by atoms with Crippen LogP contribution in [0.5, 0.6) is 0 Å². The molecule has 3 aromatic rings. The van der Waals surface area contributed by atoms with E-state index in [1.807, 2.05) is 24.1 Å². The number of carbonyl (C=O) groups is 2. The van der Waals surface area contributed by atoms with Gasteiger partial charge in [-0.3, -0.25) is 9.59 Å². The van der Waals surface area contributed by atoms with Gasteiger partial charge in [0.25, 0.3) is 0 Å². The van der Waals surface area contributed by atoms with E-state index >= 15 is 0 Å². The maximum atomic E-state index is 11.8. The smallest absolute Gasteiger partial charge is 0.159 e. The molecule has 0 fully saturated rings. The summed E-state index contributed by atoms with van der Waals surface area (Å²) in [4.78, 5) is 25.5. The van der Waals surface area contributed by atoms with Gasteiger partial charge in [-0.25, -0.2) is 0 Å². The highest BCUT2D eigenvalue weighted by Gasteiger charge is 2.25. The summed E-state index contributed by atoms with van der Waals surface area (Å²) < 4.78 is 2.34. The number of benzene rings is 2. The molecule has 0 unspecified atom stereocenters. The van der Waals surface area contributed by atoms with E-state index in [2.05, 4.69) is 35.8 Å². The number of nitrogens with zero attached hydrogens (tertiary/aromatic N) is 2. The lowest BCUT2D eigenvalue weighted by molar-refractivity contribution is -0.115. The van der Waals surface area contributed by atoms with E-state index in [4.69, 9.17) is 0 Å². The summed E-state index contributed by atoms with van der Waals surface area (Å²) >= 11 is 0. The fourth-order valence-electron chi connectivity index (χ4n) is 4.38. The average molecular weight is 360 g/mol. The zero-order valence-electron chi connectivity index (χ0n) is 16.3. The highest BCUT2D eigenvalue weighted by Crippen LogP contribution is 2.41. The number of ketones is 2. The lowest BCUT2D eigenvalue weighted by Crippen LogP contribution is -2.26. The summed E-state index contributed by atoms with van der Waals surface area (Å²) in [6.45, 7) is 6.68. The third-order valence-corrected chi connectivity index (χ3v) is 5.59. The van der Waals surface area contributed by atoms with E-state index in [-0.39, 0.29) is 11.6 Å². The lowest BCUT2D eigenvalue weighted by atomic mass is 9.94. The molecule has 0 saturated carbocycles. The summed E-state index contributed by atoms with van der Waals surface area (Å²) in [5.74, 6) is 0.252. The zero-order valence-corrected chi connectivity index (χ0v) is 16.3. The molecule has 0 spiro atoms. The second-order valence-corrected chi connectivity index (χ2v) is 7.52. The molecule has 2 heterocycles. The molecule has 1 aromatic heterocycles. The molecule has 27 heavy (non-hydrogen) atoms. The predicted octanol–water partition coefficient (Wildman–Crippen LogP) is 4.40. The van der Waals surface area contributed by atoms with Crippen LogP contribution in [0.25, 0.3) is 22.2 Å². The quantitative estimate of drug-likeness (QED) is 0.648. The Balaban J connectivity index is 1.92. The molecule has 138 valence electrons. The Hall–Kier alpha value is -2.88. The first-order chi connectivity index (χ1) is 12.9. The Morgan fingerprint density at radius 2 is 1.93 bits per heavy atom. The summed E-state index contributed by atoms with van der Waals surface area (Å²) in [6.07, 6.45) is 0.911. The number of likely N-dealkylation sites (N-methyl/N-ethyl adjacent to an activating group) is 1. The van der Waals surface area contributed by atoms with Crippen LogP contribution in [0.15, 0.2) is 36.4 Å². The first-order valence-electron chi connectivity index (χ1n) is 9.35. The number of anilines is 1. The van der Waals surface area contributed by atoms with Gasteiger partial charge in [0.05, 0.1) is 12.2 Å². The molecule has 0 N–H and O–H groups in total. The molecule has 0 bridgehead atoms. The number of aryl methyl sites for hydroxylation is 2. The van der Waals surface area contributed by atoms with Crippen molar-refractivity contribution in [3.05, 3.63) is 53.1 Å². The Bertz CT molecular complexity index is 1090. The van der Waals surface area contributed by atoms with Crippen LogP contribution in [0.3, 0.4) is 0 Å². The largest absolute Gasteiger partial charge is 0.367 e. The van der Waals surface area contributed by atoms with Crippen LogP contribution in [0.1, 0.15) is 35.3 Å². The van der Waals surface area contributed by atoms with E-state index in [1.165, 1.54) is 27.8 Å². The summed E-state index contributed by atoms with van der Waals surface area (Å²) in [7, 11) is 1.98. The van der Waals surface area contributed by atoms with Crippen molar-refractivity contribution in [2.24, 2.45) is 0 Å². The molecule has 0 amide bonds. The van der Waals surface area contributed by atoms with Gasteiger partial charge >= 0.3 is 0 Å². The number of aromatic nitrogens is 1. The van der Waals surface area contributed by atoms with Crippen LogP contribution in [0, 0.1) is 6.92 Å². The summed E-state index contributed by atoms with van der Waals surface area (Å²) in [5, 5.41) is 1.20. The maximum Gasteiger partial charge on any atom is 0.159 e. The summed E-state index contributed by atoms with van der Waals surface area (Å²) in [5.41, 5.74) is 8.01. The second-order valence-electron chi connectivity index (χ2n) is 7.52. The molecule has 0 aliphatic carbocycles. The highest BCUT2D eigenvalue weighted by molar-refractivity contribution is 6.01. The van der Waals surface area contributed by atoms with Gasteiger partial charge in [-0.15, -0.1) is 0 Å². The van der Waals surface area contributed by atoms with Crippen molar-refractivity contribution in [3.63, 3.8) is 0 Å². The number of hydrogen-bond donors (Lipinski definition) is 0. The lowest BCUT2D eigenvalue weighted by Gasteiger charge is -2.27. The highest BCUT2D eigenvalue weighted by atomic mass is 16.1. The van der Waals surface area contributed by atoms with Crippen LogP contribution >= 0.6 is 0 Å². The van der Waals surface area contributed by atoms with E-state index in [0.29, 0.717) is 6.54 Å². The molecule has 4 heteroatoms.